The average molecular weight is 487 g/mol. The minimum atomic E-state index is -0.406. The molecule has 5 rings (SSSR count). The first kappa shape index (κ1) is 22.9. The van der Waals surface area contributed by atoms with Crippen LogP contribution >= 0.6 is 11.6 Å². The number of rotatable bonds is 5. The largest absolute Gasteiger partial charge is 0.457 e. The van der Waals surface area contributed by atoms with Gasteiger partial charge < -0.3 is 10.1 Å². The molecule has 0 spiro atoms. The molecule has 0 unspecified atom stereocenters. The number of amides is 3. The molecule has 1 fully saturated rings. The lowest BCUT2D eigenvalue weighted by Gasteiger charge is -2.19. The average Bonchev–Trinajstić information content (AvgIpc) is 3.10. The predicted octanol–water partition coefficient (Wildman–Crippen LogP) is 6.23. The molecule has 7 heteroatoms. The van der Waals surface area contributed by atoms with Gasteiger partial charge in [-0.1, -0.05) is 35.4 Å². The van der Waals surface area contributed by atoms with Gasteiger partial charge in [-0.25, -0.2) is 4.90 Å². The van der Waals surface area contributed by atoms with Crippen LogP contribution in [0.4, 0.5) is 11.4 Å². The second-order valence-electron chi connectivity index (χ2n) is 8.77. The van der Waals surface area contributed by atoms with Crippen molar-refractivity contribution in [2.75, 3.05) is 10.2 Å². The third kappa shape index (κ3) is 4.57. The number of carbonyl (C=O) groups is 3. The first-order valence-electron chi connectivity index (χ1n) is 11.4. The normalized spacial score (nSPS) is 19.3. The number of hydrogen-bond donors (Lipinski definition) is 1. The Balaban J connectivity index is 1.33. The summed E-state index contributed by atoms with van der Waals surface area (Å²) in [5, 5.41) is 3.47. The summed E-state index contributed by atoms with van der Waals surface area (Å²) in [6.45, 7) is 1.98. The maximum Gasteiger partial charge on any atom is 0.257 e. The Morgan fingerprint density at radius 3 is 2.26 bits per heavy atom. The SMILES string of the molecule is CC1=CC[C@H]2C(=O)N(c3ccccc3C(=O)Nc3ccc(Oc4ccc(Cl)cc4)cc3)C(=O)[C@@H]2C1. The molecule has 3 aromatic rings. The number of ether oxygens (including phenoxy) is 1. The van der Waals surface area contributed by atoms with Gasteiger partial charge in [0.15, 0.2) is 0 Å². The van der Waals surface area contributed by atoms with Crippen molar-refractivity contribution in [3.05, 3.63) is 95.0 Å². The van der Waals surface area contributed by atoms with E-state index in [0.717, 1.165) is 5.57 Å². The van der Waals surface area contributed by atoms with E-state index in [1.54, 1.807) is 72.8 Å². The Labute approximate surface area is 208 Å². The molecule has 1 aliphatic heterocycles. The third-order valence-electron chi connectivity index (χ3n) is 6.37. The summed E-state index contributed by atoms with van der Waals surface area (Å²) in [5.41, 5.74) is 2.25. The van der Waals surface area contributed by atoms with Gasteiger partial charge in [0, 0.05) is 10.7 Å². The van der Waals surface area contributed by atoms with Gasteiger partial charge in [0.2, 0.25) is 11.8 Å². The summed E-state index contributed by atoms with van der Waals surface area (Å²) in [6, 6.07) is 20.6. The fraction of sp³-hybridized carbons (Fsp3) is 0.179. The van der Waals surface area contributed by atoms with Gasteiger partial charge >= 0.3 is 0 Å². The first-order valence-corrected chi connectivity index (χ1v) is 11.8. The first-order chi connectivity index (χ1) is 16.9. The third-order valence-corrected chi connectivity index (χ3v) is 6.63. The molecular weight excluding hydrogens is 464 g/mol. The van der Waals surface area contributed by atoms with Crippen LogP contribution in [0.2, 0.25) is 5.02 Å². The highest BCUT2D eigenvalue weighted by atomic mass is 35.5. The molecule has 0 saturated carbocycles. The molecule has 2 aliphatic rings. The predicted molar refractivity (Wildman–Crippen MR) is 135 cm³/mol. The van der Waals surface area contributed by atoms with Crippen LogP contribution in [0.3, 0.4) is 0 Å². The number of imide groups is 1. The quantitative estimate of drug-likeness (QED) is 0.342. The number of para-hydroxylation sites is 1. The van der Waals surface area contributed by atoms with Gasteiger partial charge in [0.05, 0.1) is 23.1 Å². The van der Waals surface area contributed by atoms with E-state index in [4.69, 9.17) is 16.3 Å². The number of fused-ring (bicyclic) bond motifs is 1. The summed E-state index contributed by atoms with van der Waals surface area (Å²) in [7, 11) is 0. The highest BCUT2D eigenvalue weighted by Crippen LogP contribution is 2.40. The van der Waals surface area contributed by atoms with Gasteiger partial charge in [-0.15, -0.1) is 0 Å². The second kappa shape index (κ2) is 9.39. The zero-order valence-electron chi connectivity index (χ0n) is 19.0. The van der Waals surface area contributed by atoms with Crippen molar-refractivity contribution in [2.24, 2.45) is 11.8 Å². The number of anilines is 2. The van der Waals surface area contributed by atoms with Crippen LogP contribution in [0.25, 0.3) is 0 Å². The minimum Gasteiger partial charge on any atom is -0.457 e. The summed E-state index contributed by atoms with van der Waals surface area (Å²) in [6.07, 6.45) is 3.15. The topological polar surface area (TPSA) is 75.7 Å². The minimum absolute atomic E-state index is 0.239. The fourth-order valence-corrected chi connectivity index (χ4v) is 4.70. The van der Waals surface area contributed by atoms with E-state index in [1.165, 1.54) is 4.90 Å². The molecule has 2 atom stereocenters. The van der Waals surface area contributed by atoms with E-state index in [-0.39, 0.29) is 29.2 Å². The number of carbonyl (C=O) groups excluding carboxylic acids is 3. The summed E-state index contributed by atoms with van der Waals surface area (Å²) >= 11 is 5.90. The fourth-order valence-electron chi connectivity index (χ4n) is 4.58. The van der Waals surface area contributed by atoms with E-state index in [2.05, 4.69) is 5.32 Å². The lowest BCUT2D eigenvalue weighted by Crippen LogP contribution is -2.33. The van der Waals surface area contributed by atoms with E-state index >= 15 is 0 Å². The number of halogens is 1. The highest BCUT2D eigenvalue weighted by Gasteiger charge is 2.49. The molecule has 176 valence electrons. The van der Waals surface area contributed by atoms with Crippen LogP contribution in [0, 0.1) is 11.8 Å². The Kier molecular flexibility index (Phi) is 6.14. The molecule has 3 amide bonds. The Morgan fingerprint density at radius 2 is 1.54 bits per heavy atom. The Morgan fingerprint density at radius 1 is 0.914 bits per heavy atom. The number of allylic oxidation sites excluding steroid dienone is 2. The summed E-state index contributed by atoms with van der Waals surface area (Å²) < 4.78 is 5.78. The molecule has 1 aliphatic carbocycles. The molecular formula is C28H23ClN2O4. The Bertz CT molecular complexity index is 1330. The van der Waals surface area contributed by atoms with Crippen LogP contribution in [0.15, 0.2) is 84.4 Å². The molecule has 1 saturated heterocycles. The maximum absolute atomic E-state index is 13.2. The van der Waals surface area contributed by atoms with E-state index in [9.17, 15) is 14.4 Å². The molecule has 35 heavy (non-hydrogen) atoms. The van der Waals surface area contributed by atoms with Gasteiger partial charge in [-0.2, -0.15) is 0 Å². The molecule has 0 radical (unpaired) electrons. The second-order valence-corrected chi connectivity index (χ2v) is 9.20. The van der Waals surface area contributed by atoms with Crippen molar-refractivity contribution in [3.63, 3.8) is 0 Å². The Hall–Kier alpha value is -3.90. The van der Waals surface area contributed by atoms with Crippen LogP contribution in [-0.2, 0) is 9.59 Å². The van der Waals surface area contributed by atoms with Crippen LogP contribution in [0.5, 0.6) is 11.5 Å². The van der Waals surface area contributed by atoms with Crippen LogP contribution in [0.1, 0.15) is 30.1 Å². The van der Waals surface area contributed by atoms with Gasteiger partial charge in [-0.05, 0) is 80.4 Å². The lowest BCUT2D eigenvalue weighted by atomic mass is 9.82. The van der Waals surface area contributed by atoms with Crippen molar-refractivity contribution in [2.45, 2.75) is 19.8 Å². The maximum atomic E-state index is 13.2. The number of nitrogens with one attached hydrogen (secondary N) is 1. The molecule has 0 aromatic heterocycles. The van der Waals surface area contributed by atoms with Crippen LogP contribution < -0.4 is 15.0 Å². The van der Waals surface area contributed by atoms with Crippen molar-refractivity contribution in [3.8, 4) is 11.5 Å². The molecule has 1 N–H and O–H groups in total. The molecule has 1 heterocycles. The van der Waals surface area contributed by atoms with Crippen LogP contribution in [-0.4, -0.2) is 17.7 Å². The number of benzene rings is 3. The highest BCUT2D eigenvalue weighted by molar-refractivity contribution is 6.30. The van der Waals surface area contributed by atoms with E-state index < -0.39 is 5.91 Å². The smallest absolute Gasteiger partial charge is 0.257 e. The number of hydrogen-bond acceptors (Lipinski definition) is 4. The van der Waals surface area contributed by atoms with Gasteiger partial charge in [0.25, 0.3) is 5.91 Å². The van der Waals surface area contributed by atoms with Crippen molar-refractivity contribution in [1.29, 1.82) is 0 Å². The lowest BCUT2D eigenvalue weighted by molar-refractivity contribution is -0.122. The van der Waals surface area contributed by atoms with Crippen molar-refractivity contribution >= 4 is 40.7 Å². The molecule has 0 bridgehead atoms. The standard InChI is InChI=1S/C28H23ClN2O4/c1-17-6-15-22-24(16-17)28(34)31(27(22)33)25-5-3-2-4-23(25)26(32)30-19-9-13-21(14-10-19)35-20-11-7-18(29)8-12-20/h2-14,22,24H,15-16H2,1H3,(H,30,32)/t22-,24-/m1/s1. The number of nitrogens with zero attached hydrogens (tertiary/aromatic N) is 1. The van der Waals surface area contributed by atoms with Gasteiger partial charge in [-0.3, -0.25) is 14.4 Å². The monoisotopic (exact) mass is 486 g/mol. The van der Waals surface area contributed by atoms with Gasteiger partial charge in [0.1, 0.15) is 11.5 Å². The summed E-state index contributed by atoms with van der Waals surface area (Å²) in [4.78, 5) is 40.6. The molecule has 3 aromatic carbocycles. The van der Waals surface area contributed by atoms with Crippen molar-refractivity contribution < 1.29 is 19.1 Å². The zero-order valence-corrected chi connectivity index (χ0v) is 19.8. The van der Waals surface area contributed by atoms with E-state index in [1.807, 2.05) is 13.0 Å². The van der Waals surface area contributed by atoms with Crippen molar-refractivity contribution in [1.82, 2.24) is 0 Å². The summed E-state index contributed by atoms with van der Waals surface area (Å²) in [5.74, 6) is -0.371. The zero-order chi connectivity index (χ0) is 24.5. The molecule has 6 nitrogen and oxygen atoms in total. The van der Waals surface area contributed by atoms with E-state index in [0.29, 0.717) is 40.7 Å².